The average Bonchev–Trinajstić information content (AvgIpc) is 2.24. The first-order valence-electron chi connectivity index (χ1n) is 4.66. The maximum atomic E-state index is 12.6. The Morgan fingerprint density at radius 1 is 1.21 bits per heavy atom. The summed E-state index contributed by atoms with van der Waals surface area (Å²) >= 11 is 2.54. The molecule has 0 saturated carbocycles. The number of rotatable bonds is 3. The Balaban J connectivity index is 3.43. The molecule has 0 bridgehead atoms. The van der Waals surface area contributed by atoms with Gasteiger partial charge in [0, 0.05) is 0 Å². The summed E-state index contributed by atoms with van der Waals surface area (Å²) in [6.45, 7) is 2.96. The highest BCUT2D eigenvalue weighted by Gasteiger charge is 2.40. The van der Waals surface area contributed by atoms with E-state index in [1.165, 1.54) is 6.08 Å². The van der Waals surface area contributed by atoms with Crippen LogP contribution in [0.15, 0.2) is 23.2 Å². The van der Waals surface area contributed by atoms with Crippen molar-refractivity contribution in [1.82, 2.24) is 4.98 Å². The number of halogens is 7. The lowest BCUT2D eigenvalue weighted by molar-refractivity contribution is -0.146. The van der Waals surface area contributed by atoms with Crippen molar-refractivity contribution in [3.63, 3.8) is 0 Å². The average molecular weight is 350 g/mol. The van der Waals surface area contributed by atoms with E-state index >= 15 is 0 Å². The monoisotopic (exact) mass is 349 g/mol. The van der Waals surface area contributed by atoms with Crippen molar-refractivity contribution in [3.05, 3.63) is 34.5 Å². The van der Waals surface area contributed by atoms with Crippen LogP contribution in [0.4, 0.5) is 26.3 Å². The number of alkyl halides is 6. The predicted molar refractivity (Wildman–Crippen MR) is 57.6 cm³/mol. The molecule has 1 heterocycles. The highest BCUT2D eigenvalue weighted by atomic mass is 79.9. The molecular formula is C10H6BrF6NO. The molecule has 0 N–H and O–H groups in total. The molecule has 2 nitrogen and oxygen atoms in total. The van der Waals surface area contributed by atoms with E-state index in [1.807, 2.05) is 0 Å². The lowest BCUT2D eigenvalue weighted by Crippen LogP contribution is -2.15. The third-order valence-electron chi connectivity index (χ3n) is 1.86. The van der Waals surface area contributed by atoms with Gasteiger partial charge in [-0.25, -0.2) is 4.98 Å². The Hall–Kier alpha value is -1.25. The number of aromatic nitrogens is 1. The van der Waals surface area contributed by atoms with Gasteiger partial charge in [-0.3, -0.25) is 0 Å². The SMILES string of the molecule is C=CCOc1nc(C(F)(F)F)cc(C(F)(F)F)c1Br. The van der Waals surface area contributed by atoms with Crippen molar-refractivity contribution in [3.8, 4) is 5.88 Å². The lowest BCUT2D eigenvalue weighted by Gasteiger charge is -2.15. The molecule has 19 heavy (non-hydrogen) atoms. The van der Waals surface area contributed by atoms with Crippen molar-refractivity contribution in [2.45, 2.75) is 12.4 Å². The molecule has 0 radical (unpaired) electrons. The zero-order valence-electron chi connectivity index (χ0n) is 9.07. The van der Waals surface area contributed by atoms with E-state index in [1.54, 1.807) is 0 Å². The molecule has 9 heteroatoms. The second-order valence-electron chi connectivity index (χ2n) is 3.27. The Labute approximate surface area is 112 Å². The van der Waals surface area contributed by atoms with E-state index in [9.17, 15) is 26.3 Å². The van der Waals surface area contributed by atoms with Crippen LogP contribution in [0.3, 0.4) is 0 Å². The first kappa shape index (κ1) is 15.8. The van der Waals surface area contributed by atoms with Crippen molar-refractivity contribution in [2.75, 3.05) is 6.61 Å². The normalized spacial score (nSPS) is 12.4. The maximum Gasteiger partial charge on any atom is 0.433 e. The molecule has 0 atom stereocenters. The summed E-state index contributed by atoms with van der Waals surface area (Å²) in [4.78, 5) is 3.01. The maximum absolute atomic E-state index is 12.6. The fourth-order valence-electron chi connectivity index (χ4n) is 1.09. The van der Waals surface area contributed by atoms with E-state index < -0.39 is 34.0 Å². The summed E-state index contributed by atoms with van der Waals surface area (Å²) in [5.74, 6) is -0.790. The molecule has 0 fully saturated rings. The molecule has 0 unspecified atom stereocenters. The van der Waals surface area contributed by atoms with E-state index in [4.69, 9.17) is 0 Å². The van der Waals surface area contributed by atoms with Gasteiger partial charge in [0.05, 0.1) is 10.0 Å². The number of nitrogens with zero attached hydrogens (tertiary/aromatic N) is 1. The Morgan fingerprint density at radius 3 is 2.21 bits per heavy atom. The summed E-state index contributed by atoms with van der Waals surface area (Å²) in [7, 11) is 0. The highest BCUT2D eigenvalue weighted by molar-refractivity contribution is 9.10. The van der Waals surface area contributed by atoms with Crippen LogP contribution >= 0.6 is 15.9 Å². The lowest BCUT2D eigenvalue weighted by atomic mass is 10.2. The Kier molecular flexibility index (Phi) is 4.49. The molecule has 0 aromatic carbocycles. The zero-order chi connectivity index (χ0) is 14.8. The standard InChI is InChI=1S/C10H6BrF6NO/c1-2-3-19-8-7(11)5(9(12,13)14)4-6(18-8)10(15,16)17/h2,4H,1,3H2. The molecular weight excluding hydrogens is 344 g/mol. The first-order valence-corrected chi connectivity index (χ1v) is 5.45. The topological polar surface area (TPSA) is 22.1 Å². The third kappa shape index (κ3) is 3.85. The van der Waals surface area contributed by atoms with Gasteiger partial charge < -0.3 is 4.74 Å². The van der Waals surface area contributed by atoms with Crippen LogP contribution in [-0.4, -0.2) is 11.6 Å². The van der Waals surface area contributed by atoms with E-state index in [0.29, 0.717) is 0 Å². The van der Waals surface area contributed by atoms with Crippen LogP contribution in [0.25, 0.3) is 0 Å². The Bertz CT molecular complexity index is 482. The molecule has 1 rings (SSSR count). The summed E-state index contributed by atoms with van der Waals surface area (Å²) < 4.78 is 79.3. The largest absolute Gasteiger partial charge is 0.473 e. The van der Waals surface area contributed by atoms with Crippen molar-refractivity contribution in [2.24, 2.45) is 0 Å². The zero-order valence-corrected chi connectivity index (χ0v) is 10.7. The predicted octanol–water partition coefficient (Wildman–Crippen LogP) is 4.45. The quantitative estimate of drug-likeness (QED) is 0.594. The van der Waals surface area contributed by atoms with Crippen LogP contribution in [0.5, 0.6) is 5.88 Å². The van der Waals surface area contributed by atoms with Crippen LogP contribution in [0, 0.1) is 0 Å². The summed E-state index contributed by atoms with van der Waals surface area (Å²) in [5, 5.41) is 0. The van der Waals surface area contributed by atoms with Crippen LogP contribution < -0.4 is 4.74 Å². The molecule has 0 saturated heterocycles. The molecule has 0 aliphatic heterocycles. The van der Waals surface area contributed by atoms with Crippen molar-refractivity contribution < 1.29 is 31.1 Å². The second kappa shape index (κ2) is 5.40. The number of hydrogen-bond donors (Lipinski definition) is 0. The molecule has 106 valence electrons. The van der Waals surface area contributed by atoms with E-state index in [0.717, 1.165) is 0 Å². The number of pyridine rings is 1. The molecule has 0 aliphatic rings. The van der Waals surface area contributed by atoms with Crippen LogP contribution in [0.1, 0.15) is 11.3 Å². The van der Waals surface area contributed by atoms with Crippen molar-refractivity contribution >= 4 is 15.9 Å². The number of ether oxygens (including phenoxy) is 1. The number of hydrogen-bond acceptors (Lipinski definition) is 2. The van der Waals surface area contributed by atoms with Gasteiger partial charge in [0.25, 0.3) is 0 Å². The molecule has 0 spiro atoms. The van der Waals surface area contributed by atoms with Gasteiger partial charge in [-0.15, -0.1) is 0 Å². The minimum absolute atomic E-state index is 0.0785. The van der Waals surface area contributed by atoms with Gasteiger partial charge in [-0.05, 0) is 22.0 Å². The fourth-order valence-corrected chi connectivity index (χ4v) is 1.63. The summed E-state index contributed by atoms with van der Waals surface area (Å²) in [6.07, 6.45) is -8.80. The fraction of sp³-hybridized carbons (Fsp3) is 0.300. The Morgan fingerprint density at radius 2 is 1.79 bits per heavy atom. The molecule has 1 aromatic rings. The van der Waals surface area contributed by atoms with Crippen LogP contribution in [-0.2, 0) is 12.4 Å². The summed E-state index contributed by atoms with van der Waals surface area (Å²) in [6, 6.07) is -0.0785. The van der Waals surface area contributed by atoms with Crippen LogP contribution in [0.2, 0.25) is 0 Å². The minimum Gasteiger partial charge on any atom is -0.473 e. The van der Waals surface area contributed by atoms with Gasteiger partial charge in [-0.2, -0.15) is 26.3 Å². The van der Waals surface area contributed by atoms with E-state index in [-0.39, 0.29) is 12.7 Å². The second-order valence-corrected chi connectivity index (χ2v) is 4.06. The molecule has 1 aromatic heterocycles. The highest BCUT2D eigenvalue weighted by Crippen LogP contribution is 2.42. The van der Waals surface area contributed by atoms with Gasteiger partial charge in [-0.1, -0.05) is 12.7 Å². The third-order valence-corrected chi connectivity index (χ3v) is 2.63. The van der Waals surface area contributed by atoms with Crippen molar-refractivity contribution in [1.29, 1.82) is 0 Å². The van der Waals surface area contributed by atoms with Gasteiger partial charge in [0.1, 0.15) is 12.3 Å². The minimum atomic E-state index is -5.01. The van der Waals surface area contributed by atoms with Gasteiger partial charge >= 0.3 is 12.4 Å². The smallest absolute Gasteiger partial charge is 0.433 e. The van der Waals surface area contributed by atoms with Gasteiger partial charge in [0.15, 0.2) is 0 Å². The molecule has 0 amide bonds. The molecule has 0 aliphatic carbocycles. The summed E-state index contributed by atoms with van der Waals surface area (Å²) in [5.41, 5.74) is -3.18. The van der Waals surface area contributed by atoms with Gasteiger partial charge in [0.2, 0.25) is 5.88 Å². The first-order chi connectivity index (χ1) is 8.57. The van der Waals surface area contributed by atoms with E-state index in [2.05, 4.69) is 32.2 Å².